The lowest BCUT2D eigenvalue weighted by Gasteiger charge is -2.17. The van der Waals surface area contributed by atoms with Crippen LogP contribution >= 0.6 is 0 Å². The Labute approximate surface area is 144 Å². The van der Waals surface area contributed by atoms with Crippen LogP contribution < -0.4 is 15.4 Å². The van der Waals surface area contributed by atoms with Gasteiger partial charge in [-0.05, 0) is 43.9 Å². The average Bonchev–Trinajstić information content (AvgIpc) is 3.13. The third kappa shape index (κ3) is 5.15. The topological polar surface area (TPSA) is 66.0 Å². The summed E-state index contributed by atoms with van der Waals surface area (Å²) in [6, 6.07) is 6.07. The van der Waals surface area contributed by atoms with E-state index in [-0.39, 0.29) is 12.5 Å². The van der Waals surface area contributed by atoms with Gasteiger partial charge in [0.05, 0.1) is 20.2 Å². The van der Waals surface area contributed by atoms with Gasteiger partial charge < -0.3 is 20.3 Å². The van der Waals surface area contributed by atoms with Crippen LogP contribution in [0, 0.1) is 6.92 Å². The Bertz CT molecular complexity index is 580. The lowest BCUT2D eigenvalue weighted by atomic mass is 10.1. The van der Waals surface area contributed by atoms with Gasteiger partial charge in [0.15, 0.2) is 5.96 Å². The van der Waals surface area contributed by atoms with E-state index < -0.39 is 0 Å². The van der Waals surface area contributed by atoms with Crippen LogP contribution in [0.3, 0.4) is 0 Å². The van der Waals surface area contributed by atoms with Crippen molar-refractivity contribution in [1.82, 2.24) is 15.5 Å². The van der Waals surface area contributed by atoms with Crippen molar-refractivity contribution in [3.05, 3.63) is 29.3 Å². The zero-order valence-electron chi connectivity index (χ0n) is 14.9. The van der Waals surface area contributed by atoms with Crippen LogP contribution in [0.25, 0.3) is 0 Å². The van der Waals surface area contributed by atoms with Crippen LogP contribution in [0.1, 0.15) is 30.9 Å². The molecule has 1 saturated heterocycles. The summed E-state index contributed by atoms with van der Waals surface area (Å²) in [5.74, 6) is 1.66. The smallest absolute Gasteiger partial charge is 0.241 e. The number of aryl methyl sites for hydroxylation is 1. The second-order valence-corrected chi connectivity index (χ2v) is 5.94. The van der Waals surface area contributed by atoms with Gasteiger partial charge in [-0.3, -0.25) is 4.79 Å². The second-order valence-electron chi connectivity index (χ2n) is 5.94. The predicted octanol–water partition coefficient (Wildman–Crippen LogP) is 1.68. The number of aliphatic imine (C=N–C) groups is 1. The number of ether oxygens (including phenoxy) is 1. The molecule has 1 aliphatic rings. The molecule has 6 heteroatoms. The molecule has 24 heavy (non-hydrogen) atoms. The Morgan fingerprint density at radius 2 is 2.04 bits per heavy atom. The third-order valence-corrected chi connectivity index (χ3v) is 4.10. The molecular weight excluding hydrogens is 304 g/mol. The van der Waals surface area contributed by atoms with Gasteiger partial charge in [0, 0.05) is 19.6 Å². The first-order chi connectivity index (χ1) is 11.6. The molecule has 1 aromatic carbocycles. The highest BCUT2D eigenvalue weighted by atomic mass is 16.5. The minimum absolute atomic E-state index is 0.134. The molecule has 0 spiro atoms. The number of hydrogen-bond acceptors (Lipinski definition) is 3. The first-order valence-corrected chi connectivity index (χ1v) is 8.57. The lowest BCUT2D eigenvalue weighted by Crippen LogP contribution is -2.44. The Morgan fingerprint density at radius 3 is 2.71 bits per heavy atom. The summed E-state index contributed by atoms with van der Waals surface area (Å²) in [7, 11) is 1.67. The first kappa shape index (κ1) is 18.1. The number of nitrogens with one attached hydrogen (secondary N) is 2. The Kier molecular flexibility index (Phi) is 6.90. The molecule has 0 bridgehead atoms. The number of rotatable bonds is 6. The SMILES string of the molecule is CCNC(=NCc1ccc(C)c(OC)c1)NCC(=O)N1CCCC1. The van der Waals surface area contributed by atoms with Crippen molar-refractivity contribution in [2.75, 3.05) is 33.3 Å². The van der Waals surface area contributed by atoms with Crippen LogP contribution in [-0.4, -0.2) is 50.1 Å². The molecule has 0 saturated carbocycles. The number of hydrogen-bond donors (Lipinski definition) is 2. The lowest BCUT2D eigenvalue weighted by molar-refractivity contribution is -0.128. The van der Waals surface area contributed by atoms with Crippen molar-refractivity contribution >= 4 is 11.9 Å². The van der Waals surface area contributed by atoms with Crippen molar-refractivity contribution in [3.63, 3.8) is 0 Å². The van der Waals surface area contributed by atoms with E-state index in [1.165, 1.54) is 0 Å². The molecule has 1 fully saturated rings. The van der Waals surface area contributed by atoms with Gasteiger partial charge in [0.2, 0.25) is 5.91 Å². The monoisotopic (exact) mass is 332 g/mol. The summed E-state index contributed by atoms with van der Waals surface area (Å²) in [5.41, 5.74) is 2.17. The van der Waals surface area contributed by atoms with E-state index in [0.717, 1.165) is 49.4 Å². The van der Waals surface area contributed by atoms with Crippen LogP contribution in [-0.2, 0) is 11.3 Å². The number of guanidine groups is 1. The van der Waals surface area contributed by atoms with E-state index in [2.05, 4.69) is 15.6 Å². The molecule has 1 amide bonds. The number of benzene rings is 1. The minimum Gasteiger partial charge on any atom is -0.496 e. The van der Waals surface area contributed by atoms with Crippen LogP contribution in [0.5, 0.6) is 5.75 Å². The summed E-state index contributed by atoms with van der Waals surface area (Å²) in [6.07, 6.45) is 2.21. The van der Waals surface area contributed by atoms with Gasteiger partial charge in [0.1, 0.15) is 5.75 Å². The molecule has 132 valence electrons. The summed E-state index contributed by atoms with van der Waals surface area (Å²) >= 11 is 0. The number of methoxy groups -OCH3 is 1. The van der Waals surface area contributed by atoms with Crippen LogP contribution in [0.2, 0.25) is 0 Å². The highest BCUT2D eigenvalue weighted by Crippen LogP contribution is 2.19. The molecule has 0 unspecified atom stereocenters. The molecule has 0 aliphatic carbocycles. The highest BCUT2D eigenvalue weighted by molar-refractivity contribution is 5.86. The predicted molar refractivity (Wildman–Crippen MR) is 96.4 cm³/mol. The van der Waals surface area contributed by atoms with E-state index in [4.69, 9.17) is 4.74 Å². The maximum Gasteiger partial charge on any atom is 0.241 e. The Balaban J connectivity index is 1.93. The molecular formula is C18H28N4O2. The quantitative estimate of drug-likeness (QED) is 0.614. The molecule has 0 radical (unpaired) electrons. The number of amides is 1. The van der Waals surface area contributed by atoms with Gasteiger partial charge >= 0.3 is 0 Å². The zero-order valence-corrected chi connectivity index (χ0v) is 14.9. The highest BCUT2D eigenvalue weighted by Gasteiger charge is 2.17. The molecule has 1 aromatic rings. The molecule has 2 N–H and O–H groups in total. The van der Waals surface area contributed by atoms with Crippen molar-refractivity contribution in [2.45, 2.75) is 33.2 Å². The standard InChI is InChI=1S/C18H28N4O2/c1-4-19-18(21-13-17(23)22-9-5-6-10-22)20-12-15-8-7-14(2)16(11-15)24-3/h7-8,11H,4-6,9-10,12-13H2,1-3H3,(H2,19,20,21). The van der Waals surface area contributed by atoms with Crippen LogP contribution in [0.15, 0.2) is 23.2 Å². The molecule has 1 aliphatic heterocycles. The average molecular weight is 332 g/mol. The van der Waals surface area contributed by atoms with E-state index in [1.54, 1.807) is 7.11 Å². The van der Waals surface area contributed by atoms with E-state index in [0.29, 0.717) is 12.5 Å². The maximum absolute atomic E-state index is 12.1. The van der Waals surface area contributed by atoms with Crippen molar-refractivity contribution in [3.8, 4) is 5.75 Å². The maximum atomic E-state index is 12.1. The summed E-state index contributed by atoms with van der Waals surface area (Å²) < 4.78 is 5.35. The minimum atomic E-state index is 0.134. The fourth-order valence-electron chi connectivity index (χ4n) is 2.71. The number of carbonyl (C=O) groups excluding carboxylic acids is 1. The van der Waals surface area contributed by atoms with Crippen molar-refractivity contribution in [2.24, 2.45) is 4.99 Å². The number of carbonyl (C=O) groups is 1. The van der Waals surface area contributed by atoms with E-state index in [1.807, 2.05) is 36.9 Å². The summed E-state index contributed by atoms with van der Waals surface area (Å²) in [6.45, 7) is 7.33. The van der Waals surface area contributed by atoms with Gasteiger partial charge in [-0.25, -0.2) is 4.99 Å². The third-order valence-electron chi connectivity index (χ3n) is 4.10. The largest absolute Gasteiger partial charge is 0.496 e. The molecule has 2 rings (SSSR count). The van der Waals surface area contributed by atoms with Crippen LogP contribution in [0.4, 0.5) is 0 Å². The van der Waals surface area contributed by atoms with Gasteiger partial charge in [-0.1, -0.05) is 12.1 Å². The van der Waals surface area contributed by atoms with E-state index >= 15 is 0 Å². The summed E-state index contributed by atoms with van der Waals surface area (Å²) in [5, 5.41) is 6.30. The Morgan fingerprint density at radius 1 is 1.29 bits per heavy atom. The van der Waals surface area contributed by atoms with Gasteiger partial charge in [-0.15, -0.1) is 0 Å². The zero-order chi connectivity index (χ0) is 17.4. The normalized spacial score (nSPS) is 14.6. The first-order valence-electron chi connectivity index (χ1n) is 8.57. The van der Waals surface area contributed by atoms with Gasteiger partial charge in [0.25, 0.3) is 0 Å². The molecule has 1 heterocycles. The molecule has 6 nitrogen and oxygen atoms in total. The summed E-state index contributed by atoms with van der Waals surface area (Å²) in [4.78, 5) is 18.6. The van der Waals surface area contributed by atoms with E-state index in [9.17, 15) is 4.79 Å². The van der Waals surface area contributed by atoms with Gasteiger partial charge in [-0.2, -0.15) is 0 Å². The van der Waals surface area contributed by atoms with Crippen molar-refractivity contribution < 1.29 is 9.53 Å². The number of nitrogens with zero attached hydrogens (tertiary/aromatic N) is 2. The molecule has 0 atom stereocenters. The second kappa shape index (κ2) is 9.15. The number of likely N-dealkylation sites (tertiary alicyclic amines) is 1. The molecule has 0 aromatic heterocycles. The fourth-order valence-corrected chi connectivity index (χ4v) is 2.71. The Hall–Kier alpha value is -2.24. The fraction of sp³-hybridized carbons (Fsp3) is 0.556. The van der Waals surface area contributed by atoms with Crippen molar-refractivity contribution in [1.29, 1.82) is 0 Å².